The van der Waals surface area contributed by atoms with Crippen LogP contribution < -0.4 is 15.6 Å². The standard InChI is InChI=1S/C16H19N3O8/c1-24-12(21)2-3-13(22)26-9-27-15-10(20)4-5-19-14(15)16(23)18-6-7-25-8-11(18)17-19/h4-5,11,17H,2-3,6-9H2,1H3/t11-/m0/s1. The molecule has 1 aromatic heterocycles. The average Bonchev–Trinajstić information content (AvgIpc) is 2.68. The second kappa shape index (κ2) is 8.08. The quantitative estimate of drug-likeness (QED) is 0.490. The van der Waals surface area contributed by atoms with Gasteiger partial charge < -0.3 is 29.3 Å². The molecular formula is C16H19N3O8. The van der Waals surface area contributed by atoms with Crippen molar-refractivity contribution in [2.24, 2.45) is 0 Å². The number of ether oxygens (including phenoxy) is 4. The fourth-order valence-corrected chi connectivity index (χ4v) is 2.75. The highest BCUT2D eigenvalue weighted by molar-refractivity contribution is 5.96. The summed E-state index contributed by atoms with van der Waals surface area (Å²) in [7, 11) is 1.22. The number of morpholine rings is 1. The van der Waals surface area contributed by atoms with Crippen molar-refractivity contribution in [3.8, 4) is 5.75 Å². The van der Waals surface area contributed by atoms with Gasteiger partial charge in [0.05, 0.1) is 33.2 Å². The van der Waals surface area contributed by atoms with E-state index < -0.39 is 24.2 Å². The highest BCUT2D eigenvalue weighted by Crippen LogP contribution is 2.22. The number of methoxy groups -OCH3 is 1. The van der Waals surface area contributed by atoms with Crippen molar-refractivity contribution in [2.45, 2.75) is 19.0 Å². The van der Waals surface area contributed by atoms with E-state index in [1.807, 2.05) is 0 Å². The number of hydrogen-bond donors (Lipinski definition) is 1. The number of carbonyl (C=O) groups excluding carboxylic acids is 3. The number of rotatable bonds is 6. The van der Waals surface area contributed by atoms with Gasteiger partial charge in [-0.1, -0.05) is 0 Å². The lowest BCUT2D eigenvalue weighted by Gasteiger charge is -2.41. The van der Waals surface area contributed by atoms with Crippen LogP contribution in [-0.4, -0.2) is 67.2 Å². The third-order valence-corrected chi connectivity index (χ3v) is 4.12. The smallest absolute Gasteiger partial charge is 0.309 e. The first-order chi connectivity index (χ1) is 13.0. The summed E-state index contributed by atoms with van der Waals surface area (Å²) in [5.41, 5.74) is 2.55. The molecule has 1 saturated heterocycles. The Morgan fingerprint density at radius 1 is 1.30 bits per heavy atom. The van der Waals surface area contributed by atoms with E-state index in [0.29, 0.717) is 19.8 Å². The van der Waals surface area contributed by atoms with Gasteiger partial charge in [-0.25, -0.2) is 0 Å². The Labute approximate surface area is 153 Å². The van der Waals surface area contributed by atoms with E-state index in [0.717, 1.165) is 0 Å². The normalized spacial score (nSPS) is 18.0. The topological polar surface area (TPSA) is 125 Å². The molecule has 2 aliphatic rings. The molecule has 3 rings (SSSR count). The number of pyridine rings is 1. The number of hydrogen-bond acceptors (Lipinski definition) is 9. The summed E-state index contributed by atoms with van der Waals surface area (Å²) in [6.45, 7) is 0.536. The molecule has 11 heteroatoms. The van der Waals surface area contributed by atoms with Crippen LogP contribution >= 0.6 is 0 Å². The number of nitrogens with one attached hydrogen (secondary N) is 1. The molecular weight excluding hydrogens is 362 g/mol. The molecule has 0 bridgehead atoms. The molecule has 0 aromatic carbocycles. The zero-order valence-electron chi connectivity index (χ0n) is 14.6. The van der Waals surface area contributed by atoms with Crippen LogP contribution in [0.15, 0.2) is 17.1 Å². The fourth-order valence-electron chi connectivity index (χ4n) is 2.75. The molecule has 1 atom stereocenters. The SMILES string of the molecule is COC(=O)CCC(=O)OCOc1c2n(ccc1=O)N[C@@H]1COCCN1C2=O. The minimum atomic E-state index is -0.692. The predicted octanol–water partition coefficient (Wildman–Crippen LogP) is -0.963. The maximum atomic E-state index is 12.8. The van der Waals surface area contributed by atoms with Crippen LogP contribution in [0.25, 0.3) is 0 Å². The second-order valence-corrected chi connectivity index (χ2v) is 5.80. The first kappa shape index (κ1) is 18.7. The first-order valence-electron chi connectivity index (χ1n) is 8.27. The highest BCUT2D eigenvalue weighted by Gasteiger charge is 2.36. The number of nitrogens with zero attached hydrogens (tertiary/aromatic N) is 2. The molecule has 0 radical (unpaired) electrons. The Balaban J connectivity index is 1.68. The molecule has 2 aliphatic heterocycles. The molecule has 0 saturated carbocycles. The Bertz CT molecular complexity index is 805. The van der Waals surface area contributed by atoms with Gasteiger partial charge in [-0.15, -0.1) is 0 Å². The van der Waals surface area contributed by atoms with Crippen molar-refractivity contribution < 1.29 is 33.3 Å². The fraction of sp³-hybridized carbons (Fsp3) is 0.500. The molecule has 1 fully saturated rings. The Hall–Kier alpha value is -3.08. The van der Waals surface area contributed by atoms with Gasteiger partial charge in [0, 0.05) is 18.8 Å². The van der Waals surface area contributed by atoms with Crippen LogP contribution in [-0.2, 0) is 23.8 Å². The summed E-state index contributed by atoms with van der Waals surface area (Å²) in [5.74, 6) is -1.84. The molecule has 3 heterocycles. The van der Waals surface area contributed by atoms with Crippen molar-refractivity contribution in [3.05, 3.63) is 28.2 Å². The van der Waals surface area contributed by atoms with Gasteiger partial charge in [-0.3, -0.25) is 23.9 Å². The van der Waals surface area contributed by atoms with Gasteiger partial charge in [0.25, 0.3) is 5.91 Å². The number of amides is 1. The Morgan fingerprint density at radius 3 is 2.85 bits per heavy atom. The summed E-state index contributed by atoms with van der Waals surface area (Å²) in [4.78, 5) is 49.1. The molecule has 1 aromatic rings. The summed E-state index contributed by atoms with van der Waals surface area (Å²) >= 11 is 0. The Kier molecular flexibility index (Phi) is 5.60. The predicted molar refractivity (Wildman–Crippen MR) is 88.5 cm³/mol. The molecule has 0 unspecified atom stereocenters. The molecule has 0 spiro atoms. The number of aromatic nitrogens is 1. The Morgan fingerprint density at radius 2 is 2.07 bits per heavy atom. The maximum Gasteiger partial charge on any atom is 0.309 e. The van der Waals surface area contributed by atoms with Crippen LogP contribution in [0.5, 0.6) is 5.75 Å². The number of carbonyl (C=O) groups is 3. The van der Waals surface area contributed by atoms with Crippen molar-refractivity contribution in [1.29, 1.82) is 0 Å². The van der Waals surface area contributed by atoms with Gasteiger partial charge in [0.1, 0.15) is 6.17 Å². The van der Waals surface area contributed by atoms with E-state index in [2.05, 4.69) is 10.2 Å². The van der Waals surface area contributed by atoms with Gasteiger partial charge >= 0.3 is 11.9 Å². The number of esters is 2. The third-order valence-electron chi connectivity index (χ3n) is 4.12. The molecule has 1 amide bonds. The lowest BCUT2D eigenvalue weighted by atomic mass is 10.2. The van der Waals surface area contributed by atoms with E-state index in [9.17, 15) is 19.2 Å². The summed E-state index contributed by atoms with van der Waals surface area (Å²) in [6.07, 6.45) is 0.777. The summed E-state index contributed by atoms with van der Waals surface area (Å²) < 4.78 is 21.3. The van der Waals surface area contributed by atoms with Gasteiger partial charge in [0.15, 0.2) is 5.69 Å². The maximum absolute atomic E-state index is 12.8. The van der Waals surface area contributed by atoms with Crippen LogP contribution in [0.2, 0.25) is 0 Å². The van der Waals surface area contributed by atoms with Crippen molar-refractivity contribution in [2.75, 3.05) is 39.1 Å². The van der Waals surface area contributed by atoms with Crippen LogP contribution in [0.3, 0.4) is 0 Å². The van der Waals surface area contributed by atoms with Crippen LogP contribution in [0.1, 0.15) is 23.3 Å². The second-order valence-electron chi connectivity index (χ2n) is 5.80. The van der Waals surface area contributed by atoms with Crippen molar-refractivity contribution in [1.82, 2.24) is 9.58 Å². The molecule has 11 nitrogen and oxygen atoms in total. The van der Waals surface area contributed by atoms with Crippen molar-refractivity contribution >= 4 is 17.8 Å². The monoisotopic (exact) mass is 381 g/mol. The largest absolute Gasteiger partial charge is 0.469 e. The van der Waals surface area contributed by atoms with E-state index in [-0.39, 0.29) is 36.4 Å². The average molecular weight is 381 g/mol. The minimum Gasteiger partial charge on any atom is -0.469 e. The molecule has 146 valence electrons. The van der Waals surface area contributed by atoms with Gasteiger partial charge in [-0.2, -0.15) is 0 Å². The van der Waals surface area contributed by atoms with E-state index in [1.54, 1.807) is 4.90 Å². The lowest BCUT2D eigenvalue weighted by Crippen LogP contribution is -2.59. The van der Waals surface area contributed by atoms with Crippen LogP contribution in [0, 0.1) is 0 Å². The molecule has 27 heavy (non-hydrogen) atoms. The minimum absolute atomic E-state index is 0.0197. The summed E-state index contributed by atoms with van der Waals surface area (Å²) in [5, 5.41) is 0. The van der Waals surface area contributed by atoms with Crippen LogP contribution in [0.4, 0.5) is 0 Å². The molecule has 0 aliphatic carbocycles. The zero-order chi connectivity index (χ0) is 19.4. The first-order valence-corrected chi connectivity index (χ1v) is 8.27. The zero-order valence-corrected chi connectivity index (χ0v) is 14.6. The summed E-state index contributed by atoms with van der Waals surface area (Å²) in [6, 6.07) is 1.23. The molecule has 1 N–H and O–H groups in total. The van der Waals surface area contributed by atoms with Gasteiger partial charge in [0.2, 0.25) is 18.0 Å². The lowest BCUT2D eigenvalue weighted by molar-refractivity contribution is -0.153. The van der Waals surface area contributed by atoms with Gasteiger partial charge in [-0.05, 0) is 0 Å². The van der Waals surface area contributed by atoms with E-state index in [4.69, 9.17) is 14.2 Å². The highest BCUT2D eigenvalue weighted by atomic mass is 16.7. The third kappa shape index (κ3) is 4.03. The van der Waals surface area contributed by atoms with E-state index >= 15 is 0 Å². The van der Waals surface area contributed by atoms with Crippen molar-refractivity contribution in [3.63, 3.8) is 0 Å². The van der Waals surface area contributed by atoms with E-state index in [1.165, 1.54) is 24.0 Å². The number of fused-ring (bicyclic) bond motifs is 2.